The minimum atomic E-state index is -0.306. The number of halogens is 3. The van der Waals surface area contributed by atoms with Crippen molar-refractivity contribution in [2.45, 2.75) is 6.04 Å². The van der Waals surface area contributed by atoms with Gasteiger partial charge in [0.25, 0.3) is 5.91 Å². The number of piperazine rings is 1. The van der Waals surface area contributed by atoms with Crippen LogP contribution < -0.4 is 0 Å². The molecule has 1 amide bonds. The number of carbonyl (C=O) groups excluding carboxylic acids is 1. The van der Waals surface area contributed by atoms with Crippen molar-refractivity contribution in [3.05, 3.63) is 94.4 Å². The molecular formula is C22H19ClF2N2O2. The van der Waals surface area contributed by atoms with Crippen LogP contribution in [0.4, 0.5) is 8.78 Å². The summed E-state index contributed by atoms with van der Waals surface area (Å²) in [6.07, 6.45) is 0. The van der Waals surface area contributed by atoms with Crippen molar-refractivity contribution < 1.29 is 18.0 Å². The Labute approximate surface area is 172 Å². The van der Waals surface area contributed by atoms with E-state index in [1.54, 1.807) is 41.3 Å². The van der Waals surface area contributed by atoms with Crippen LogP contribution in [0.15, 0.2) is 65.1 Å². The highest BCUT2D eigenvalue weighted by atomic mass is 35.5. The van der Waals surface area contributed by atoms with Gasteiger partial charge in [-0.3, -0.25) is 9.69 Å². The number of benzene rings is 2. The molecule has 1 aliphatic rings. The van der Waals surface area contributed by atoms with E-state index < -0.39 is 0 Å². The van der Waals surface area contributed by atoms with Crippen LogP contribution in [0.3, 0.4) is 0 Å². The molecule has 7 heteroatoms. The second-order valence-corrected chi connectivity index (χ2v) is 7.31. The number of furan rings is 1. The molecule has 1 aromatic heterocycles. The number of amides is 1. The van der Waals surface area contributed by atoms with E-state index in [0.717, 1.165) is 11.1 Å². The molecule has 2 heterocycles. The predicted molar refractivity (Wildman–Crippen MR) is 106 cm³/mol. The molecule has 1 fully saturated rings. The van der Waals surface area contributed by atoms with Crippen molar-refractivity contribution in [1.82, 2.24) is 9.80 Å². The summed E-state index contributed by atoms with van der Waals surface area (Å²) in [7, 11) is 0. The summed E-state index contributed by atoms with van der Waals surface area (Å²) in [4.78, 5) is 16.5. The molecular weight excluding hydrogens is 398 g/mol. The zero-order chi connectivity index (χ0) is 20.4. The average molecular weight is 417 g/mol. The van der Waals surface area contributed by atoms with Crippen molar-refractivity contribution in [2.75, 3.05) is 26.2 Å². The summed E-state index contributed by atoms with van der Waals surface area (Å²) in [6, 6.07) is 15.6. The number of nitrogens with zero attached hydrogens (tertiary/aromatic N) is 2. The van der Waals surface area contributed by atoms with Gasteiger partial charge in [0, 0.05) is 26.2 Å². The van der Waals surface area contributed by atoms with Crippen LogP contribution in [-0.2, 0) is 0 Å². The molecule has 3 aromatic rings. The summed E-state index contributed by atoms with van der Waals surface area (Å²) in [5, 5.41) is 0.180. The fourth-order valence-corrected chi connectivity index (χ4v) is 3.82. The van der Waals surface area contributed by atoms with E-state index in [1.807, 2.05) is 0 Å². The molecule has 1 saturated heterocycles. The van der Waals surface area contributed by atoms with Crippen molar-refractivity contribution in [3.63, 3.8) is 0 Å². The Bertz CT molecular complexity index is 935. The van der Waals surface area contributed by atoms with Gasteiger partial charge < -0.3 is 9.32 Å². The van der Waals surface area contributed by atoms with Crippen molar-refractivity contribution in [2.24, 2.45) is 0 Å². The maximum absolute atomic E-state index is 13.4. The standard InChI is InChI=1S/C22H19ClF2N2O2/c23-20-10-9-19(29-20)22(28)27-13-11-26(12-14-27)21(15-1-5-17(24)6-2-15)16-3-7-18(25)8-4-16/h1-10,21H,11-14H2. The maximum Gasteiger partial charge on any atom is 0.289 e. The minimum absolute atomic E-state index is 0.161. The SMILES string of the molecule is O=C(c1ccc(Cl)o1)N1CCN(C(c2ccc(F)cc2)c2ccc(F)cc2)CC1. The van der Waals surface area contributed by atoms with Gasteiger partial charge >= 0.3 is 0 Å². The number of carbonyl (C=O) groups is 1. The van der Waals surface area contributed by atoms with Crippen molar-refractivity contribution >= 4 is 17.5 Å². The predicted octanol–water partition coefficient (Wildman–Crippen LogP) is 4.76. The second-order valence-electron chi connectivity index (χ2n) is 6.94. The van der Waals surface area contributed by atoms with Gasteiger partial charge in [-0.25, -0.2) is 8.78 Å². The largest absolute Gasteiger partial charge is 0.440 e. The van der Waals surface area contributed by atoms with E-state index in [2.05, 4.69) is 4.90 Å². The Morgan fingerprint density at radius 2 is 1.34 bits per heavy atom. The average Bonchev–Trinajstić information content (AvgIpc) is 3.17. The first-order chi connectivity index (χ1) is 14.0. The first-order valence-electron chi connectivity index (χ1n) is 9.31. The summed E-state index contributed by atoms with van der Waals surface area (Å²) in [6.45, 7) is 2.24. The molecule has 4 nitrogen and oxygen atoms in total. The molecule has 4 rings (SSSR count). The van der Waals surface area contributed by atoms with Crippen LogP contribution in [0.25, 0.3) is 0 Å². The molecule has 0 radical (unpaired) electrons. The summed E-state index contributed by atoms with van der Waals surface area (Å²) < 4.78 is 32.1. The molecule has 0 saturated carbocycles. The molecule has 0 bridgehead atoms. The van der Waals surface area contributed by atoms with Crippen LogP contribution in [-0.4, -0.2) is 41.9 Å². The zero-order valence-electron chi connectivity index (χ0n) is 15.5. The third-order valence-corrected chi connectivity index (χ3v) is 5.33. The van der Waals surface area contributed by atoms with E-state index >= 15 is 0 Å². The van der Waals surface area contributed by atoms with Gasteiger partial charge in [0.2, 0.25) is 0 Å². The van der Waals surface area contributed by atoms with Gasteiger partial charge in [-0.15, -0.1) is 0 Å². The molecule has 0 aliphatic carbocycles. The van der Waals surface area contributed by atoms with Gasteiger partial charge in [0.1, 0.15) is 11.6 Å². The Hall–Kier alpha value is -2.70. The monoisotopic (exact) mass is 416 g/mol. The molecule has 29 heavy (non-hydrogen) atoms. The van der Waals surface area contributed by atoms with Crippen LogP contribution >= 0.6 is 11.6 Å². The summed E-state index contributed by atoms with van der Waals surface area (Å²) in [5.74, 6) is -0.591. The number of rotatable bonds is 4. The van der Waals surface area contributed by atoms with E-state index in [4.69, 9.17) is 16.0 Å². The smallest absolute Gasteiger partial charge is 0.289 e. The lowest BCUT2D eigenvalue weighted by molar-refractivity contribution is 0.0568. The maximum atomic E-state index is 13.4. The lowest BCUT2D eigenvalue weighted by atomic mass is 9.96. The Morgan fingerprint density at radius 1 is 0.828 bits per heavy atom. The molecule has 0 unspecified atom stereocenters. The topological polar surface area (TPSA) is 36.7 Å². The highest BCUT2D eigenvalue weighted by molar-refractivity contribution is 6.29. The molecule has 0 atom stereocenters. The quantitative estimate of drug-likeness (QED) is 0.615. The Kier molecular flexibility index (Phi) is 5.65. The van der Waals surface area contributed by atoms with Crippen molar-refractivity contribution in [1.29, 1.82) is 0 Å². The van der Waals surface area contributed by atoms with Crippen LogP contribution in [0, 0.1) is 11.6 Å². The van der Waals surface area contributed by atoms with E-state index in [9.17, 15) is 13.6 Å². The highest BCUT2D eigenvalue weighted by Gasteiger charge is 2.29. The zero-order valence-corrected chi connectivity index (χ0v) is 16.3. The van der Waals surface area contributed by atoms with Gasteiger partial charge in [0.05, 0.1) is 6.04 Å². The van der Waals surface area contributed by atoms with Crippen LogP contribution in [0.2, 0.25) is 5.22 Å². The third-order valence-electron chi connectivity index (χ3n) is 5.12. The van der Waals surface area contributed by atoms with Gasteiger partial charge in [-0.2, -0.15) is 0 Å². The van der Waals surface area contributed by atoms with Gasteiger partial charge in [-0.1, -0.05) is 24.3 Å². The van der Waals surface area contributed by atoms with Gasteiger partial charge in [-0.05, 0) is 59.1 Å². The van der Waals surface area contributed by atoms with Crippen LogP contribution in [0.5, 0.6) is 0 Å². The lowest BCUT2D eigenvalue weighted by Crippen LogP contribution is -2.49. The first kappa shape index (κ1) is 19.6. The van der Waals surface area contributed by atoms with Crippen LogP contribution in [0.1, 0.15) is 27.7 Å². The van der Waals surface area contributed by atoms with E-state index in [1.165, 1.54) is 24.3 Å². The fraction of sp³-hybridized carbons (Fsp3) is 0.227. The van der Waals surface area contributed by atoms with Gasteiger partial charge in [0.15, 0.2) is 11.0 Å². The third kappa shape index (κ3) is 4.33. The first-order valence-corrected chi connectivity index (χ1v) is 9.68. The fourth-order valence-electron chi connectivity index (χ4n) is 3.67. The summed E-state index contributed by atoms with van der Waals surface area (Å²) >= 11 is 5.77. The molecule has 0 spiro atoms. The summed E-state index contributed by atoms with van der Waals surface area (Å²) in [5.41, 5.74) is 1.83. The van der Waals surface area contributed by atoms with E-state index in [-0.39, 0.29) is 34.6 Å². The normalized spacial score (nSPS) is 15.1. The molecule has 2 aromatic carbocycles. The molecule has 0 N–H and O–H groups in total. The number of hydrogen-bond acceptors (Lipinski definition) is 3. The Morgan fingerprint density at radius 3 is 1.79 bits per heavy atom. The van der Waals surface area contributed by atoms with Crippen molar-refractivity contribution in [3.8, 4) is 0 Å². The van der Waals surface area contributed by atoms with E-state index in [0.29, 0.717) is 26.2 Å². The number of hydrogen-bond donors (Lipinski definition) is 0. The molecule has 1 aliphatic heterocycles. The second kappa shape index (κ2) is 8.35. The molecule has 150 valence electrons. The highest BCUT2D eigenvalue weighted by Crippen LogP contribution is 2.30. The lowest BCUT2D eigenvalue weighted by Gasteiger charge is -2.39. The minimum Gasteiger partial charge on any atom is -0.440 e. The Balaban J connectivity index is 1.54.